The summed E-state index contributed by atoms with van der Waals surface area (Å²) in [6.45, 7) is 0.107. The van der Waals surface area contributed by atoms with Gasteiger partial charge in [-0.05, 0) is 30.7 Å². The summed E-state index contributed by atoms with van der Waals surface area (Å²) in [4.78, 5) is 16.7. The Morgan fingerprint density at radius 1 is 1.07 bits per heavy atom. The number of carbonyl (C=O) groups is 1. The molecule has 1 N–H and O–H groups in total. The summed E-state index contributed by atoms with van der Waals surface area (Å²) in [6.07, 6.45) is 3.59. The molecule has 0 saturated carbocycles. The summed E-state index contributed by atoms with van der Waals surface area (Å²) in [5.41, 5.74) is 1.94. The van der Waals surface area contributed by atoms with Crippen molar-refractivity contribution in [2.45, 2.75) is 6.42 Å². The van der Waals surface area contributed by atoms with E-state index in [9.17, 15) is 13.6 Å². The Hall–Kier alpha value is -3.39. The lowest BCUT2D eigenvalue weighted by Crippen LogP contribution is -2.26. The van der Waals surface area contributed by atoms with Crippen molar-refractivity contribution in [3.05, 3.63) is 89.2 Å². The minimum atomic E-state index is -0.620. The van der Waals surface area contributed by atoms with Crippen LogP contribution in [0.4, 0.5) is 8.78 Å². The minimum absolute atomic E-state index is 0.0416. The Balaban J connectivity index is 1.40. The minimum Gasteiger partial charge on any atom is -0.350 e. The summed E-state index contributed by atoms with van der Waals surface area (Å²) in [5, 5.41) is 9.29. The number of nitrogens with zero attached hydrogens (tertiary/aromatic N) is 3. The molecule has 0 atom stereocenters. The molecular formula is C21H16F2N4OS. The molecule has 2 heterocycles. The number of aromatic nitrogens is 3. The van der Waals surface area contributed by atoms with E-state index in [0.717, 1.165) is 11.3 Å². The van der Waals surface area contributed by atoms with Crippen molar-refractivity contribution in [3.8, 4) is 16.3 Å². The molecule has 5 nitrogen and oxygen atoms in total. The van der Waals surface area contributed by atoms with Gasteiger partial charge in [-0.25, -0.2) is 18.4 Å². The summed E-state index contributed by atoms with van der Waals surface area (Å²) >= 11 is 1.33. The van der Waals surface area contributed by atoms with Crippen molar-refractivity contribution in [2.24, 2.45) is 0 Å². The topological polar surface area (TPSA) is 59.8 Å². The van der Waals surface area contributed by atoms with Crippen LogP contribution in [-0.4, -0.2) is 27.2 Å². The van der Waals surface area contributed by atoms with E-state index >= 15 is 0 Å². The lowest BCUT2D eigenvalue weighted by Gasteiger charge is -2.06. The number of nitrogens with one attached hydrogen (secondary N) is 1. The van der Waals surface area contributed by atoms with E-state index < -0.39 is 11.6 Å². The fourth-order valence-corrected chi connectivity index (χ4v) is 3.60. The first-order valence-electron chi connectivity index (χ1n) is 8.89. The smallest absolute Gasteiger partial charge is 0.270 e. The highest BCUT2D eigenvalue weighted by Gasteiger charge is 2.14. The average Bonchev–Trinajstić information content (AvgIpc) is 3.40. The van der Waals surface area contributed by atoms with Crippen molar-refractivity contribution in [1.82, 2.24) is 20.1 Å². The van der Waals surface area contributed by atoms with Crippen molar-refractivity contribution < 1.29 is 13.6 Å². The van der Waals surface area contributed by atoms with Gasteiger partial charge in [0.2, 0.25) is 0 Å². The monoisotopic (exact) mass is 410 g/mol. The van der Waals surface area contributed by atoms with Gasteiger partial charge in [0, 0.05) is 29.2 Å². The first-order valence-corrected chi connectivity index (χ1v) is 9.77. The van der Waals surface area contributed by atoms with Gasteiger partial charge in [0.05, 0.1) is 11.9 Å². The Kier molecular flexibility index (Phi) is 5.44. The van der Waals surface area contributed by atoms with Gasteiger partial charge in [0.1, 0.15) is 22.3 Å². The molecule has 146 valence electrons. The molecule has 0 aliphatic heterocycles. The molecule has 4 rings (SSSR count). The number of para-hydroxylation sites is 1. The van der Waals surface area contributed by atoms with E-state index in [0.29, 0.717) is 5.01 Å². The Morgan fingerprint density at radius 2 is 1.83 bits per heavy atom. The summed E-state index contributed by atoms with van der Waals surface area (Å²) in [7, 11) is 0. The molecule has 0 bridgehead atoms. The van der Waals surface area contributed by atoms with Crippen molar-refractivity contribution in [3.63, 3.8) is 0 Å². The number of hydrogen-bond donors (Lipinski definition) is 1. The number of hydrogen-bond acceptors (Lipinski definition) is 4. The number of rotatable bonds is 6. The maximum atomic E-state index is 13.6. The number of benzene rings is 2. The predicted molar refractivity (Wildman–Crippen MR) is 107 cm³/mol. The first-order chi connectivity index (χ1) is 14.1. The third kappa shape index (κ3) is 4.22. The number of halogens is 2. The normalized spacial score (nSPS) is 10.8. The number of thiazole rings is 1. The highest BCUT2D eigenvalue weighted by atomic mass is 32.1. The molecule has 29 heavy (non-hydrogen) atoms. The van der Waals surface area contributed by atoms with Crippen LogP contribution in [0.2, 0.25) is 0 Å². The summed E-state index contributed by atoms with van der Waals surface area (Å²) < 4.78 is 29.0. The van der Waals surface area contributed by atoms with Gasteiger partial charge in [-0.15, -0.1) is 11.3 Å². The highest BCUT2D eigenvalue weighted by molar-refractivity contribution is 7.13. The standard InChI is InChI=1S/C21H16F2N4OS/c22-17-7-4-8-18(23)16(17)9-10-24-20(28)19-13-29-21(26-19)14-11-25-27(12-14)15-5-2-1-3-6-15/h1-8,11-13H,9-10H2,(H,24,28). The zero-order chi connectivity index (χ0) is 20.2. The molecular weight excluding hydrogens is 394 g/mol. The second-order valence-electron chi connectivity index (χ2n) is 6.25. The van der Waals surface area contributed by atoms with E-state index in [1.165, 1.54) is 29.5 Å². The number of amides is 1. The van der Waals surface area contributed by atoms with Crippen molar-refractivity contribution in [2.75, 3.05) is 6.54 Å². The molecule has 1 amide bonds. The van der Waals surface area contributed by atoms with E-state index in [1.807, 2.05) is 36.5 Å². The highest BCUT2D eigenvalue weighted by Crippen LogP contribution is 2.24. The van der Waals surface area contributed by atoms with Crippen LogP contribution >= 0.6 is 11.3 Å². The molecule has 2 aromatic carbocycles. The first kappa shape index (κ1) is 18.9. The van der Waals surface area contributed by atoms with Crippen LogP contribution < -0.4 is 5.32 Å². The quantitative estimate of drug-likeness (QED) is 0.517. The van der Waals surface area contributed by atoms with Crippen molar-refractivity contribution in [1.29, 1.82) is 0 Å². The third-order valence-corrected chi connectivity index (χ3v) is 5.20. The van der Waals surface area contributed by atoms with E-state index in [1.54, 1.807) is 16.3 Å². The SMILES string of the molecule is O=C(NCCc1c(F)cccc1F)c1csc(-c2cnn(-c3ccccc3)c2)n1. The van der Waals surface area contributed by atoms with Gasteiger partial charge in [-0.3, -0.25) is 4.79 Å². The van der Waals surface area contributed by atoms with E-state index in [4.69, 9.17) is 0 Å². The zero-order valence-corrected chi connectivity index (χ0v) is 16.0. The van der Waals surface area contributed by atoms with Crippen LogP contribution in [0.1, 0.15) is 16.1 Å². The maximum absolute atomic E-state index is 13.6. The van der Waals surface area contributed by atoms with Crippen molar-refractivity contribution >= 4 is 17.2 Å². The Labute approximate surface area is 169 Å². The van der Waals surface area contributed by atoms with Gasteiger partial charge in [0.15, 0.2) is 0 Å². The van der Waals surface area contributed by atoms with Gasteiger partial charge >= 0.3 is 0 Å². The zero-order valence-electron chi connectivity index (χ0n) is 15.2. The molecule has 0 radical (unpaired) electrons. The van der Waals surface area contributed by atoms with Gasteiger partial charge in [-0.2, -0.15) is 5.10 Å². The van der Waals surface area contributed by atoms with Crippen LogP contribution in [0.5, 0.6) is 0 Å². The Morgan fingerprint density at radius 3 is 2.59 bits per heavy atom. The third-order valence-electron chi connectivity index (χ3n) is 4.31. The molecule has 0 aliphatic carbocycles. The molecule has 2 aromatic heterocycles. The molecule has 0 saturated heterocycles. The van der Waals surface area contributed by atoms with Crippen LogP contribution in [0, 0.1) is 11.6 Å². The van der Waals surface area contributed by atoms with Gasteiger partial charge < -0.3 is 5.32 Å². The maximum Gasteiger partial charge on any atom is 0.270 e. The Bertz CT molecular complexity index is 1120. The summed E-state index contributed by atoms with van der Waals surface area (Å²) in [6, 6.07) is 13.4. The largest absolute Gasteiger partial charge is 0.350 e. The fourth-order valence-electron chi connectivity index (χ4n) is 2.83. The number of carbonyl (C=O) groups excluding carboxylic acids is 1. The predicted octanol–water partition coefficient (Wildman–Crippen LogP) is 4.25. The summed E-state index contributed by atoms with van der Waals surface area (Å²) in [5.74, 6) is -1.63. The fraction of sp³-hybridized carbons (Fsp3) is 0.0952. The van der Waals surface area contributed by atoms with Gasteiger partial charge in [-0.1, -0.05) is 24.3 Å². The van der Waals surface area contributed by atoms with Crippen LogP contribution in [0.25, 0.3) is 16.3 Å². The lowest BCUT2D eigenvalue weighted by molar-refractivity contribution is 0.0949. The molecule has 0 fully saturated rings. The average molecular weight is 410 g/mol. The second-order valence-corrected chi connectivity index (χ2v) is 7.11. The van der Waals surface area contributed by atoms with Crippen LogP contribution in [0.3, 0.4) is 0 Å². The molecule has 4 aromatic rings. The molecule has 0 spiro atoms. The molecule has 0 aliphatic rings. The second kappa shape index (κ2) is 8.32. The van der Waals surface area contributed by atoms with Crippen LogP contribution in [-0.2, 0) is 6.42 Å². The van der Waals surface area contributed by atoms with E-state index in [-0.39, 0.29) is 30.1 Å². The van der Waals surface area contributed by atoms with Gasteiger partial charge in [0.25, 0.3) is 5.91 Å². The lowest BCUT2D eigenvalue weighted by atomic mass is 10.1. The molecule has 0 unspecified atom stereocenters. The van der Waals surface area contributed by atoms with Crippen LogP contribution in [0.15, 0.2) is 66.3 Å². The molecule has 8 heteroatoms. The van der Waals surface area contributed by atoms with E-state index in [2.05, 4.69) is 15.4 Å².